The standard InChI is InChI=1S/C24H29N9O2/c25-23-27-15-17(16-28-23)21-20-5-8-33(22(20)30-24(29-21)31-11-13-34-14-12-31)18-1-3-19(4-2-18)35-32-9-6-26-7-10-32/h1-4,15-16,26H,5-14H2,(H2,25,27,28). The van der Waals surface area contributed by atoms with Crippen molar-refractivity contribution in [2.75, 3.05) is 74.6 Å². The van der Waals surface area contributed by atoms with Crippen molar-refractivity contribution in [2.24, 2.45) is 0 Å². The van der Waals surface area contributed by atoms with Gasteiger partial charge in [0.1, 0.15) is 11.6 Å². The molecule has 0 radical (unpaired) electrons. The van der Waals surface area contributed by atoms with Crippen molar-refractivity contribution in [3.05, 3.63) is 42.2 Å². The molecule has 0 unspecified atom stereocenters. The Labute approximate surface area is 203 Å². The van der Waals surface area contributed by atoms with Gasteiger partial charge in [-0.3, -0.25) is 0 Å². The highest BCUT2D eigenvalue weighted by Crippen LogP contribution is 2.39. The number of hydrogen-bond donors (Lipinski definition) is 2. The molecule has 3 aromatic rings. The monoisotopic (exact) mass is 475 g/mol. The van der Waals surface area contributed by atoms with Crippen molar-refractivity contribution in [3.8, 4) is 17.0 Å². The van der Waals surface area contributed by atoms with Crippen LogP contribution in [0.1, 0.15) is 5.56 Å². The minimum Gasteiger partial charge on any atom is -0.406 e. The van der Waals surface area contributed by atoms with Gasteiger partial charge >= 0.3 is 0 Å². The van der Waals surface area contributed by atoms with Crippen LogP contribution in [0.5, 0.6) is 5.75 Å². The van der Waals surface area contributed by atoms with Gasteiger partial charge in [-0.25, -0.2) is 15.0 Å². The molecule has 3 aliphatic rings. The molecule has 5 heterocycles. The molecule has 11 heteroatoms. The lowest BCUT2D eigenvalue weighted by atomic mass is 10.1. The van der Waals surface area contributed by atoms with E-state index < -0.39 is 0 Å². The Morgan fingerprint density at radius 3 is 2.40 bits per heavy atom. The lowest BCUT2D eigenvalue weighted by Crippen LogP contribution is -2.45. The van der Waals surface area contributed by atoms with E-state index in [9.17, 15) is 0 Å². The fraction of sp³-hybridized carbons (Fsp3) is 0.417. The number of aromatic nitrogens is 4. The number of hydroxylamine groups is 2. The number of nitrogens with two attached hydrogens (primary N) is 1. The molecule has 3 N–H and O–H groups in total. The van der Waals surface area contributed by atoms with Crippen molar-refractivity contribution < 1.29 is 9.57 Å². The molecule has 35 heavy (non-hydrogen) atoms. The van der Waals surface area contributed by atoms with E-state index in [1.165, 1.54) is 0 Å². The molecule has 0 bridgehead atoms. The van der Waals surface area contributed by atoms with Gasteiger partial charge in [0.25, 0.3) is 0 Å². The molecule has 182 valence electrons. The Morgan fingerprint density at radius 1 is 0.914 bits per heavy atom. The van der Waals surface area contributed by atoms with E-state index in [-0.39, 0.29) is 5.95 Å². The summed E-state index contributed by atoms with van der Waals surface area (Å²) in [5, 5.41) is 5.34. The molecular formula is C24H29N9O2. The number of ether oxygens (including phenoxy) is 1. The lowest BCUT2D eigenvalue weighted by Gasteiger charge is -2.28. The summed E-state index contributed by atoms with van der Waals surface area (Å²) in [6.07, 6.45) is 4.30. The van der Waals surface area contributed by atoms with Crippen LogP contribution in [0.2, 0.25) is 0 Å². The van der Waals surface area contributed by atoms with Crippen molar-refractivity contribution in [1.29, 1.82) is 0 Å². The van der Waals surface area contributed by atoms with Crippen molar-refractivity contribution in [2.45, 2.75) is 6.42 Å². The zero-order valence-corrected chi connectivity index (χ0v) is 19.6. The average Bonchev–Trinajstić information content (AvgIpc) is 3.34. The molecule has 0 amide bonds. The van der Waals surface area contributed by atoms with E-state index in [2.05, 4.69) is 37.2 Å². The molecule has 2 fully saturated rings. The summed E-state index contributed by atoms with van der Waals surface area (Å²) in [6, 6.07) is 8.23. The Kier molecular flexibility index (Phi) is 6.03. The number of nitrogens with zero attached hydrogens (tertiary/aromatic N) is 7. The number of fused-ring (bicyclic) bond motifs is 1. The van der Waals surface area contributed by atoms with Gasteiger partial charge in [-0.2, -0.15) is 4.98 Å². The summed E-state index contributed by atoms with van der Waals surface area (Å²) in [4.78, 5) is 28.8. The molecule has 0 aliphatic carbocycles. The topological polar surface area (TPSA) is 118 Å². The predicted octanol–water partition coefficient (Wildman–Crippen LogP) is 1.25. The summed E-state index contributed by atoms with van der Waals surface area (Å²) in [7, 11) is 0. The normalized spacial score (nSPS) is 18.5. The fourth-order valence-corrected chi connectivity index (χ4v) is 4.67. The maximum absolute atomic E-state index is 6.03. The Bertz CT molecular complexity index is 1160. The van der Waals surface area contributed by atoms with Gasteiger partial charge in [-0.05, 0) is 30.7 Å². The van der Waals surface area contributed by atoms with Crippen LogP contribution in [0, 0.1) is 0 Å². The zero-order chi connectivity index (χ0) is 23.6. The van der Waals surface area contributed by atoms with Gasteiger partial charge in [0.05, 0.1) is 18.9 Å². The van der Waals surface area contributed by atoms with E-state index in [4.69, 9.17) is 25.3 Å². The number of hydrogen-bond acceptors (Lipinski definition) is 11. The summed E-state index contributed by atoms with van der Waals surface area (Å²) in [5.41, 5.74) is 9.60. The van der Waals surface area contributed by atoms with Crippen LogP contribution in [0.25, 0.3) is 11.3 Å². The smallest absolute Gasteiger partial charge is 0.228 e. The summed E-state index contributed by atoms with van der Waals surface area (Å²) >= 11 is 0. The van der Waals surface area contributed by atoms with Crippen LogP contribution in [0.4, 0.5) is 23.4 Å². The second-order valence-corrected chi connectivity index (χ2v) is 8.77. The average molecular weight is 476 g/mol. The molecule has 0 atom stereocenters. The number of benzene rings is 1. The number of nitrogens with one attached hydrogen (secondary N) is 1. The molecule has 0 spiro atoms. The highest BCUT2D eigenvalue weighted by atomic mass is 16.7. The Balaban J connectivity index is 1.32. The summed E-state index contributed by atoms with van der Waals surface area (Å²) in [6.45, 7) is 7.29. The Hall–Kier alpha value is -3.54. The van der Waals surface area contributed by atoms with Gasteiger partial charge in [-0.15, -0.1) is 5.06 Å². The van der Waals surface area contributed by atoms with E-state index in [1.807, 2.05) is 17.2 Å². The van der Waals surface area contributed by atoms with E-state index in [0.717, 1.165) is 86.3 Å². The first-order valence-electron chi connectivity index (χ1n) is 12.1. The zero-order valence-electron chi connectivity index (χ0n) is 19.6. The molecule has 6 rings (SSSR count). The third-order valence-corrected chi connectivity index (χ3v) is 6.51. The van der Waals surface area contributed by atoms with Crippen LogP contribution >= 0.6 is 0 Å². The van der Waals surface area contributed by atoms with E-state index in [1.54, 1.807) is 12.4 Å². The number of nitrogen functional groups attached to an aromatic ring is 1. The summed E-state index contributed by atoms with van der Waals surface area (Å²) < 4.78 is 5.54. The second kappa shape index (κ2) is 9.61. The minimum atomic E-state index is 0.248. The lowest BCUT2D eigenvalue weighted by molar-refractivity contribution is -0.0664. The third kappa shape index (κ3) is 4.57. The van der Waals surface area contributed by atoms with Crippen LogP contribution in [-0.2, 0) is 11.2 Å². The predicted molar refractivity (Wildman–Crippen MR) is 133 cm³/mol. The first kappa shape index (κ1) is 22.0. The van der Waals surface area contributed by atoms with E-state index >= 15 is 0 Å². The fourth-order valence-electron chi connectivity index (χ4n) is 4.67. The first-order valence-corrected chi connectivity index (χ1v) is 12.1. The maximum Gasteiger partial charge on any atom is 0.228 e. The van der Waals surface area contributed by atoms with Gasteiger partial charge in [0.2, 0.25) is 11.9 Å². The molecule has 2 aromatic heterocycles. The summed E-state index contributed by atoms with van der Waals surface area (Å²) in [5.74, 6) is 2.71. The first-order chi connectivity index (χ1) is 17.2. The molecule has 11 nitrogen and oxygen atoms in total. The third-order valence-electron chi connectivity index (χ3n) is 6.51. The van der Waals surface area contributed by atoms with Gasteiger partial charge in [0.15, 0.2) is 0 Å². The van der Waals surface area contributed by atoms with Crippen LogP contribution in [0.15, 0.2) is 36.7 Å². The maximum atomic E-state index is 6.03. The van der Waals surface area contributed by atoms with Crippen molar-refractivity contribution in [3.63, 3.8) is 0 Å². The van der Waals surface area contributed by atoms with Gasteiger partial charge in [-0.1, -0.05) is 0 Å². The molecular weight excluding hydrogens is 446 g/mol. The van der Waals surface area contributed by atoms with Gasteiger partial charge in [0, 0.05) is 75.0 Å². The minimum absolute atomic E-state index is 0.248. The van der Waals surface area contributed by atoms with Crippen LogP contribution in [0.3, 0.4) is 0 Å². The Morgan fingerprint density at radius 2 is 1.66 bits per heavy atom. The number of morpholine rings is 1. The molecule has 1 aromatic carbocycles. The largest absolute Gasteiger partial charge is 0.406 e. The van der Waals surface area contributed by atoms with Gasteiger partial charge < -0.3 is 30.4 Å². The number of piperazine rings is 1. The molecule has 3 aliphatic heterocycles. The molecule has 0 saturated carbocycles. The highest BCUT2D eigenvalue weighted by molar-refractivity contribution is 5.76. The van der Waals surface area contributed by atoms with E-state index in [0.29, 0.717) is 19.2 Å². The molecule has 2 saturated heterocycles. The highest BCUT2D eigenvalue weighted by Gasteiger charge is 2.29. The SMILES string of the molecule is Nc1ncc(-c2nc(N3CCOCC3)nc3c2CCN3c2ccc(ON3CCNCC3)cc2)cn1. The van der Waals surface area contributed by atoms with Crippen molar-refractivity contribution >= 4 is 23.4 Å². The van der Waals surface area contributed by atoms with Crippen LogP contribution in [-0.4, -0.2) is 84.0 Å². The van der Waals surface area contributed by atoms with Crippen LogP contribution < -0.4 is 25.7 Å². The second-order valence-electron chi connectivity index (χ2n) is 8.77. The number of anilines is 4. The van der Waals surface area contributed by atoms with Crippen molar-refractivity contribution in [1.82, 2.24) is 30.3 Å². The number of rotatable bonds is 5. The quantitative estimate of drug-likeness (QED) is 0.555.